The minimum absolute atomic E-state index is 0.169. The van der Waals surface area contributed by atoms with E-state index in [1.165, 1.54) is 22.5 Å². The predicted octanol–water partition coefficient (Wildman–Crippen LogP) is 5.85. The minimum atomic E-state index is 0.169. The van der Waals surface area contributed by atoms with Crippen LogP contribution in [0.15, 0.2) is 89.8 Å². The summed E-state index contributed by atoms with van der Waals surface area (Å²) in [4.78, 5) is 13.7. The first kappa shape index (κ1) is 15.0. The minimum Gasteiger partial charge on any atom is -0.286 e. The molecular weight excluding hydrogens is 312 g/mol. The van der Waals surface area contributed by atoms with Gasteiger partial charge in [0.2, 0.25) is 0 Å². The molecular formula is C22H16OS. The van der Waals surface area contributed by atoms with Gasteiger partial charge >= 0.3 is 0 Å². The van der Waals surface area contributed by atoms with Crippen molar-refractivity contribution in [1.29, 1.82) is 0 Å². The summed E-state index contributed by atoms with van der Waals surface area (Å²) in [7, 11) is 0. The van der Waals surface area contributed by atoms with Gasteiger partial charge in [-0.25, -0.2) is 0 Å². The van der Waals surface area contributed by atoms with Gasteiger partial charge in [0.15, 0.2) is 5.12 Å². The van der Waals surface area contributed by atoms with Crippen LogP contribution in [-0.2, 0) is 11.2 Å². The Morgan fingerprint density at radius 3 is 2.04 bits per heavy atom. The second-order valence-corrected chi connectivity index (χ2v) is 6.87. The Kier molecular flexibility index (Phi) is 4.06. The van der Waals surface area contributed by atoms with E-state index in [1.807, 2.05) is 48.5 Å². The Labute approximate surface area is 145 Å². The maximum absolute atomic E-state index is 12.6. The standard InChI is InChI=1S/C22H16OS/c23-22(15-18-11-5-9-16-7-1-3-12-19(16)18)24-21-14-6-10-17-8-2-4-13-20(17)21/h1-14H,15H2. The number of rotatable bonds is 3. The van der Waals surface area contributed by atoms with Crippen molar-refractivity contribution in [3.05, 3.63) is 90.5 Å². The van der Waals surface area contributed by atoms with Crippen molar-refractivity contribution in [2.45, 2.75) is 11.3 Å². The molecule has 0 amide bonds. The van der Waals surface area contributed by atoms with Crippen molar-refractivity contribution in [2.75, 3.05) is 0 Å². The third kappa shape index (κ3) is 2.93. The van der Waals surface area contributed by atoms with Gasteiger partial charge in [-0.15, -0.1) is 0 Å². The molecule has 116 valence electrons. The third-order valence-electron chi connectivity index (χ3n) is 4.19. The number of hydrogen-bond donors (Lipinski definition) is 0. The zero-order valence-corrected chi connectivity index (χ0v) is 13.9. The number of carbonyl (C=O) groups is 1. The number of fused-ring (bicyclic) bond motifs is 2. The Hall–Kier alpha value is -2.58. The molecule has 0 N–H and O–H groups in total. The van der Waals surface area contributed by atoms with Crippen molar-refractivity contribution in [3.63, 3.8) is 0 Å². The first-order chi connectivity index (χ1) is 11.8. The summed E-state index contributed by atoms with van der Waals surface area (Å²) in [6.45, 7) is 0. The first-order valence-corrected chi connectivity index (χ1v) is 8.78. The number of carbonyl (C=O) groups excluding carboxylic acids is 1. The van der Waals surface area contributed by atoms with Gasteiger partial charge in [0.05, 0.1) is 0 Å². The molecule has 1 nitrogen and oxygen atoms in total. The number of hydrogen-bond acceptors (Lipinski definition) is 2. The van der Waals surface area contributed by atoms with Crippen LogP contribution in [0.4, 0.5) is 0 Å². The molecule has 0 aliphatic heterocycles. The zero-order valence-electron chi connectivity index (χ0n) is 13.1. The molecule has 0 bridgehead atoms. The van der Waals surface area contributed by atoms with E-state index in [-0.39, 0.29) is 5.12 Å². The molecule has 0 saturated heterocycles. The molecule has 4 aromatic rings. The number of thioether (sulfide) groups is 1. The molecule has 0 unspecified atom stereocenters. The highest BCUT2D eigenvalue weighted by molar-refractivity contribution is 8.13. The topological polar surface area (TPSA) is 17.1 Å². The quantitative estimate of drug-likeness (QED) is 0.438. The molecule has 0 atom stereocenters. The molecule has 0 heterocycles. The Bertz CT molecular complexity index is 942. The van der Waals surface area contributed by atoms with Crippen molar-refractivity contribution in [3.8, 4) is 0 Å². The summed E-state index contributed by atoms with van der Waals surface area (Å²) in [5.41, 5.74) is 1.09. The molecule has 0 radical (unpaired) electrons. The summed E-state index contributed by atoms with van der Waals surface area (Å²) >= 11 is 1.34. The van der Waals surface area contributed by atoms with E-state index < -0.39 is 0 Å². The zero-order chi connectivity index (χ0) is 16.4. The van der Waals surface area contributed by atoms with Gasteiger partial charge in [0, 0.05) is 11.3 Å². The van der Waals surface area contributed by atoms with E-state index >= 15 is 0 Å². The summed E-state index contributed by atoms with van der Waals surface area (Å²) in [6.07, 6.45) is 0.440. The van der Waals surface area contributed by atoms with E-state index in [9.17, 15) is 4.79 Å². The Morgan fingerprint density at radius 1 is 0.667 bits per heavy atom. The van der Waals surface area contributed by atoms with Gasteiger partial charge < -0.3 is 0 Å². The van der Waals surface area contributed by atoms with Crippen LogP contribution in [0.5, 0.6) is 0 Å². The van der Waals surface area contributed by atoms with Gasteiger partial charge in [-0.2, -0.15) is 0 Å². The normalized spacial score (nSPS) is 11.0. The molecule has 0 aliphatic rings. The Morgan fingerprint density at radius 2 is 1.25 bits per heavy atom. The molecule has 0 fully saturated rings. The van der Waals surface area contributed by atoms with Gasteiger partial charge in [0.1, 0.15) is 0 Å². The Balaban J connectivity index is 1.62. The van der Waals surface area contributed by atoms with Gasteiger partial charge in [0.25, 0.3) is 0 Å². The molecule has 0 aromatic heterocycles. The molecule has 4 rings (SSSR count). The fraction of sp³-hybridized carbons (Fsp3) is 0.0455. The fourth-order valence-electron chi connectivity index (χ4n) is 3.05. The summed E-state index contributed by atoms with van der Waals surface area (Å²) in [6, 6.07) is 28.7. The predicted molar refractivity (Wildman–Crippen MR) is 102 cm³/mol. The summed E-state index contributed by atoms with van der Waals surface area (Å²) < 4.78 is 0. The maximum Gasteiger partial charge on any atom is 0.198 e. The van der Waals surface area contributed by atoms with Crippen LogP contribution in [-0.4, -0.2) is 5.12 Å². The van der Waals surface area contributed by atoms with Gasteiger partial charge in [-0.05, 0) is 33.2 Å². The lowest BCUT2D eigenvalue weighted by Gasteiger charge is -2.07. The van der Waals surface area contributed by atoms with Crippen LogP contribution in [0.25, 0.3) is 21.5 Å². The van der Waals surface area contributed by atoms with E-state index in [2.05, 4.69) is 36.4 Å². The first-order valence-electron chi connectivity index (χ1n) is 7.96. The van der Waals surface area contributed by atoms with Crippen LogP contribution in [0.3, 0.4) is 0 Å². The molecule has 0 saturated carbocycles. The average molecular weight is 328 g/mol. The molecule has 0 aliphatic carbocycles. The lowest BCUT2D eigenvalue weighted by molar-refractivity contribution is -0.110. The van der Waals surface area contributed by atoms with Crippen LogP contribution < -0.4 is 0 Å². The average Bonchev–Trinajstić information content (AvgIpc) is 2.62. The largest absolute Gasteiger partial charge is 0.286 e. The molecule has 2 heteroatoms. The molecule has 0 spiro atoms. The fourth-order valence-corrected chi connectivity index (χ4v) is 3.96. The number of benzene rings is 4. The van der Waals surface area contributed by atoms with Crippen molar-refractivity contribution < 1.29 is 4.79 Å². The van der Waals surface area contributed by atoms with Crippen molar-refractivity contribution >= 4 is 38.4 Å². The van der Waals surface area contributed by atoms with Crippen LogP contribution >= 0.6 is 11.8 Å². The van der Waals surface area contributed by atoms with E-state index in [0.29, 0.717) is 6.42 Å². The van der Waals surface area contributed by atoms with E-state index in [4.69, 9.17) is 0 Å². The lowest BCUT2D eigenvalue weighted by atomic mass is 10.0. The SMILES string of the molecule is O=C(Cc1cccc2ccccc12)Sc1cccc2ccccc12. The highest BCUT2D eigenvalue weighted by Gasteiger charge is 2.10. The maximum atomic E-state index is 12.6. The smallest absolute Gasteiger partial charge is 0.198 e. The van der Waals surface area contributed by atoms with Crippen molar-refractivity contribution in [1.82, 2.24) is 0 Å². The van der Waals surface area contributed by atoms with Crippen LogP contribution in [0.1, 0.15) is 5.56 Å². The van der Waals surface area contributed by atoms with Gasteiger partial charge in [-0.3, -0.25) is 4.79 Å². The second-order valence-electron chi connectivity index (χ2n) is 5.77. The van der Waals surface area contributed by atoms with Crippen LogP contribution in [0.2, 0.25) is 0 Å². The van der Waals surface area contributed by atoms with E-state index in [1.54, 1.807) is 0 Å². The highest BCUT2D eigenvalue weighted by Crippen LogP contribution is 2.30. The molecule has 4 aromatic carbocycles. The monoisotopic (exact) mass is 328 g/mol. The lowest BCUT2D eigenvalue weighted by Crippen LogP contribution is -1.98. The second kappa shape index (κ2) is 6.50. The molecule has 24 heavy (non-hydrogen) atoms. The van der Waals surface area contributed by atoms with Crippen molar-refractivity contribution in [2.24, 2.45) is 0 Å². The summed E-state index contributed by atoms with van der Waals surface area (Å²) in [5.74, 6) is 0. The highest BCUT2D eigenvalue weighted by atomic mass is 32.2. The third-order valence-corrected chi connectivity index (χ3v) is 5.14. The van der Waals surface area contributed by atoms with Crippen LogP contribution in [0, 0.1) is 0 Å². The summed E-state index contributed by atoms with van der Waals surface area (Å²) in [5, 5.41) is 4.81. The van der Waals surface area contributed by atoms with E-state index in [0.717, 1.165) is 21.2 Å². The van der Waals surface area contributed by atoms with Gasteiger partial charge in [-0.1, -0.05) is 90.6 Å².